The second kappa shape index (κ2) is 4.83. The lowest BCUT2D eigenvalue weighted by molar-refractivity contribution is 0.0995. The molecule has 0 aliphatic carbocycles. The highest BCUT2D eigenvalue weighted by atomic mass is 16.5. The number of rotatable bonds is 3. The van der Waals surface area contributed by atoms with Crippen molar-refractivity contribution in [3.8, 4) is 5.75 Å². The molecule has 1 amide bonds. The quantitative estimate of drug-likeness (QED) is 0.815. The Bertz CT molecular complexity index is 575. The summed E-state index contributed by atoms with van der Waals surface area (Å²) in [6.07, 6.45) is 0. The van der Waals surface area contributed by atoms with E-state index in [0.29, 0.717) is 22.9 Å². The minimum Gasteiger partial charge on any atom is -0.494 e. The van der Waals surface area contributed by atoms with Gasteiger partial charge in [-0.2, -0.15) is 0 Å². The fraction of sp³-hybridized carbons (Fsp3) is 0.154. The molecule has 1 heterocycles. The largest absolute Gasteiger partial charge is 0.494 e. The van der Waals surface area contributed by atoms with E-state index in [1.165, 1.54) is 7.11 Å². The summed E-state index contributed by atoms with van der Waals surface area (Å²) in [4.78, 5) is 11.9. The number of hydrogen-bond acceptors (Lipinski definition) is 4. The van der Waals surface area contributed by atoms with Crippen LogP contribution in [-0.4, -0.2) is 13.0 Å². The normalized spacial score (nSPS) is 10.1. The summed E-state index contributed by atoms with van der Waals surface area (Å²) < 4.78 is 10.4. The van der Waals surface area contributed by atoms with Gasteiger partial charge in [0, 0.05) is 11.8 Å². The SMILES string of the molecule is COc1cc(N)ccc1NC(=O)c1ccc(C)o1. The number of carbonyl (C=O) groups excluding carboxylic acids is 1. The maximum absolute atomic E-state index is 11.9. The molecule has 0 bridgehead atoms. The molecule has 0 fully saturated rings. The zero-order valence-corrected chi connectivity index (χ0v) is 10.2. The Hall–Kier alpha value is -2.43. The number of nitrogens with one attached hydrogen (secondary N) is 1. The van der Waals surface area contributed by atoms with E-state index in [9.17, 15) is 4.79 Å². The molecular formula is C13H14N2O3. The first-order valence-corrected chi connectivity index (χ1v) is 5.41. The highest BCUT2D eigenvalue weighted by Crippen LogP contribution is 2.27. The van der Waals surface area contributed by atoms with Gasteiger partial charge in [0.25, 0.3) is 5.91 Å². The van der Waals surface area contributed by atoms with Crippen LogP contribution in [0.2, 0.25) is 0 Å². The van der Waals surface area contributed by atoms with Crippen LogP contribution >= 0.6 is 0 Å². The topological polar surface area (TPSA) is 77.5 Å². The molecule has 3 N–H and O–H groups in total. The summed E-state index contributed by atoms with van der Waals surface area (Å²) in [6, 6.07) is 8.36. The standard InChI is InChI=1S/C13H14N2O3/c1-8-3-6-11(18-8)13(16)15-10-5-4-9(14)7-12(10)17-2/h3-7H,14H2,1-2H3,(H,15,16). The molecule has 1 aromatic heterocycles. The van der Waals surface area contributed by atoms with E-state index in [2.05, 4.69) is 5.32 Å². The van der Waals surface area contributed by atoms with Crippen LogP contribution < -0.4 is 15.8 Å². The van der Waals surface area contributed by atoms with Gasteiger partial charge in [0.1, 0.15) is 11.5 Å². The molecule has 0 aliphatic rings. The number of carbonyl (C=O) groups is 1. The molecule has 0 saturated carbocycles. The van der Waals surface area contributed by atoms with Crippen LogP contribution in [0.25, 0.3) is 0 Å². The lowest BCUT2D eigenvalue weighted by Crippen LogP contribution is -2.11. The first kappa shape index (κ1) is 12.0. The van der Waals surface area contributed by atoms with Crippen LogP contribution in [0.15, 0.2) is 34.7 Å². The van der Waals surface area contributed by atoms with Crippen molar-refractivity contribution < 1.29 is 13.9 Å². The number of hydrogen-bond donors (Lipinski definition) is 2. The predicted molar refractivity (Wildman–Crippen MR) is 68.8 cm³/mol. The van der Waals surface area contributed by atoms with E-state index < -0.39 is 0 Å². The second-order valence-corrected chi connectivity index (χ2v) is 3.82. The van der Waals surface area contributed by atoms with Gasteiger partial charge >= 0.3 is 0 Å². The summed E-state index contributed by atoms with van der Waals surface area (Å²) in [5.41, 5.74) is 6.75. The van der Waals surface area contributed by atoms with Gasteiger partial charge in [-0.1, -0.05) is 0 Å². The number of nitrogens with two attached hydrogens (primary N) is 1. The van der Waals surface area contributed by atoms with E-state index in [-0.39, 0.29) is 11.7 Å². The van der Waals surface area contributed by atoms with Crippen LogP contribution in [0.1, 0.15) is 16.3 Å². The van der Waals surface area contributed by atoms with Crippen LogP contribution in [0.3, 0.4) is 0 Å². The molecule has 0 saturated heterocycles. The van der Waals surface area contributed by atoms with Crippen molar-refractivity contribution in [2.75, 3.05) is 18.2 Å². The Kier molecular flexibility index (Phi) is 3.23. The maximum atomic E-state index is 11.9. The van der Waals surface area contributed by atoms with Crippen molar-refractivity contribution in [3.05, 3.63) is 41.9 Å². The smallest absolute Gasteiger partial charge is 0.291 e. The molecule has 2 aromatic rings. The predicted octanol–water partition coefficient (Wildman–Crippen LogP) is 2.43. The molecule has 5 nitrogen and oxygen atoms in total. The molecule has 0 aliphatic heterocycles. The van der Waals surface area contributed by atoms with Gasteiger partial charge in [-0.3, -0.25) is 4.79 Å². The van der Waals surface area contributed by atoms with Gasteiger partial charge in [0.2, 0.25) is 0 Å². The summed E-state index contributed by atoms with van der Waals surface area (Å²) in [7, 11) is 1.52. The van der Waals surface area contributed by atoms with Crippen LogP contribution in [-0.2, 0) is 0 Å². The molecular weight excluding hydrogens is 232 g/mol. The molecule has 0 spiro atoms. The molecule has 0 unspecified atom stereocenters. The Balaban J connectivity index is 2.21. The van der Waals surface area contributed by atoms with E-state index in [0.717, 1.165) is 0 Å². The van der Waals surface area contributed by atoms with Crippen molar-refractivity contribution in [3.63, 3.8) is 0 Å². The molecule has 2 rings (SSSR count). The summed E-state index contributed by atoms with van der Waals surface area (Å²) >= 11 is 0. The summed E-state index contributed by atoms with van der Waals surface area (Å²) in [6.45, 7) is 1.78. The Morgan fingerprint density at radius 1 is 1.33 bits per heavy atom. The van der Waals surface area contributed by atoms with Crippen LogP contribution in [0.5, 0.6) is 5.75 Å². The molecule has 94 valence electrons. The van der Waals surface area contributed by atoms with E-state index in [4.69, 9.17) is 14.9 Å². The zero-order chi connectivity index (χ0) is 13.1. The van der Waals surface area contributed by atoms with Crippen molar-refractivity contribution >= 4 is 17.3 Å². The number of aryl methyl sites for hydroxylation is 1. The number of furan rings is 1. The third kappa shape index (κ3) is 2.45. The third-order valence-electron chi connectivity index (χ3n) is 2.44. The van der Waals surface area contributed by atoms with Gasteiger partial charge in [-0.05, 0) is 31.2 Å². The van der Waals surface area contributed by atoms with E-state index in [1.807, 2.05) is 0 Å². The average molecular weight is 246 g/mol. The molecule has 0 radical (unpaired) electrons. The average Bonchev–Trinajstić information content (AvgIpc) is 2.78. The fourth-order valence-corrected chi connectivity index (χ4v) is 1.55. The van der Waals surface area contributed by atoms with Gasteiger partial charge in [0.05, 0.1) is 12.8 Å². The number of benzene rings is 1. The van der Waals surface area contributed by atoms with Crippen molar-refractivity contribution in [2.45, 2.75) is 6.92 Å². The highest BCUT2D eigenvalue weighted by molar-refractivity contribution is 6.03. The van der Waals surface area contributed by atoms with E-state index >= 15 is 0 Å². The summed E-state index contributed by atoms with van der Waals surface area (Å²) in [5.74, 6) is 1.12. The third-order valence-corrected chi connectivity index (χ3v) is 2.44. The number of anilines is 2. The van der Waals surface area contributed by atoms with Crippen molar-refractivity contribution in [1.29, 1.82) is 0 Å². The van der Waals surface area contributed by atoms with Gasteiger partial charge in [-0.25, -0.2) is 0 Å². The number of nitrogen functional groups attached to an aromatic ring is 1. The number of ether oxygens (including phenoxy) is 1. The minimum atomic E-state index is -0.328. The number of amides is 1. The monoisotopic (exact) mass is 246 g/mol. The second-order valence-electron chi connectivity index (χ2n) is 3.82. The Labute approximate surface area is 105 Å². The first-order valence-electron chi connectivity index (χ1n) is 5.41. The maximum Gasteiger partial charge on any atom is 0.291 e. The highest BCUT2D eigenvalue weighted by Gasteiger charge is 2.12. The molecule has 18 heavy (non-hydrogen) atoms. The van der Waals surface area contributed by atoms with Gasteiger partial charge in [0.15, 0.2) is 5.76 Å². The fourth-order valence-electron chi connectivity index (χ4n) is 1.55. The Morgan fingerprint density at radius 2 is 2.11 bits per heavy atom. The molecule has 0 atom stereocenters. The zero-order valence-electron chi connectivity index (χ0n) is 10.2. The van der Waals surface area contributed by atoms with Crippen molar-refractivity contribution in [1.82, 2.24) is 0 Å². The van der Waals surface area contributed by atoms with Crippen LogP contribution in [0, 0.1) is 6.92 Å². The lowest BCUT2D eigenvalue weighted by Gasteiger charge is -2.09. The Morgan fingerprint density at radius 3 is 2.72 bits per heavy atom. The molecule has 5 heteroatoms. The van der Waals surface area contributed by atoms with Gasteiger partial charge in [-0.15, -0.1) is 0 Å². The van der Waals surface area contributed by atoms with Gasteiger partial charge < -0.3 is 20.2 Å². The summed E-state index contributed by atoms with van der Waals surface area (Å²) in [5, 5.41) is 2.71. The van der Waals surface area contributed by atoms with Crippen LogP contribution in [0.4, 0.5) is 11.4 Å². The van der Waals surface area contributed by atoms with E-state index in [1.54, 1.807) is 37.3 Å². The number of methoxy groups -OCH3 is 1. The first-order chi connectivity index (χ1) is 8.60. The minimum absolute atomic E-state index is 0.256. The van der Waals surface area contributed by atoms with Crippen molar-refractivity contribution in [2.24, 2.45) is 0 Å². The molecule has 1 aromatic carbocycles. The lowest BCUT2D eigenvalue weighted by atomic mass is 10.2.